The van der Waals surface area contributed by atoms with Crippen LogP contribution >= 0.6 is 0 Å². The molecule has 2 atom stereocenters. The highest BCUT2D eigenvalue weighted by Crippen LogP contribution is 2.18. The first-order valence-electron chi connectivity index (χ1n) is 33.4. The van der Waals surface area contributed by atoms with Gasteiger partial charge in [-0.3, -0.25) is 9.59 Å². The van der Waals surface area contributed by atoms with Crippen LogP contribution in [0.2, 0.25) is 0 Å². The summed E-state index contributed by atoms with van der Waals surface area (Å²) in [7, 11) is 0. The summed E-state index contributed by atoms with van der Waals surface area (Å²) in [6, 6.07) is -0.538. The molecule has 0 spiro atoms. The van der Waals surface area contributed by atoms with E-state index in [-0.39, 0.29) is 18.5 Å². The number of carbonyl (C=O) groups excluding carboxylic acids is 2. The number of aliphatic hydroxyl groups is 2. The zero-order valence-corrected chi connectivity index (χ0v) is 49.6. The Bertz CT molecular complexity index is 1100. The minimum atomic E-state index is -0.661. The van der Waals surface area contributed by atoms with Crippen LogP contribution in [0, 0.1) is 0 Å². The van der Waals surface area contributed by atoms with E-state index in [1.165, 1.54) is 308 Å². The van der Waals surface area contributed by atoms with Gasteiger partial charge in [0, 0.05) is 12.8 Å². The molecule has 3 N–H and O–H groups in total. The molecular weight excluding hydrogens is 899 g/mol. The van der Waals surface area contributed by atoms with E-state index in [2.05, 4.69) is 31.3 Å². The lowest BCUT2D eigenvalue weighted by molar-refractivity contribution is -0.143. The zero-order chi connectivity index (χ0) is 52.9. The number of rotatable bonds is 63. The number of amides is 1. The molecular formula is C67H131NO5. The van der Waals surface area contributed by atoms with Crippen LogP contribution in [-0.2, 0) is 14.3 Å². The van der Waals surface area contributed by atoms with Crippen molar-refractivity contribution in [1.29, 1.82) is 0 Å². The van der Waals surface area contributed by atoms with Crippen molar-refractivity contribution in [1.82, 2.24) is 5.32 Å². The second-order valence-electron chi connectivity index (χ2n) is 23.2. The van der Waals surface area contributed by atoms with E-state index in [9.17, 15) is 19.8 Å². The van der Waals surface area contributed by atoms with Crippen molar-refractivity contribution in [3.05, 3.63) is 12.2 Å². The average Bonchev–Trinajstić information content (AvgIpc) is 3.39. The molecule has 0 saturated heterocycles. The Morgan fingerprint density at radius 1 is 0.370 bits per heavy atom. The van der Waals surface area contributed by atoms with Crippen molar-refractivity contribution < 1.29 is 24.5 Å². The minimum absolute atomic E-state index is 0.0211. The van der Waals surface area contributed by atoms with Gasteiger partial charge in [-0.25, -0.2) is 0 Å². The van der Waals surface area contributed by atoms with Crippen LogP contribution in [0.1, 0.15) is 380 Å². The molecule has 0 rings (SSSR count). The molecule has 0 aliphatic heterocycles. The van der Waals surface area contributed by atoms with Gasteiger partial charge in [-0.05, 0) is 51.4 Å². The lowest BCUT2D eigenvalue weighted by atomic mass is 10.0. The monoisotopic (exact) mass is 1030 g/mol. The fourth-order valence-electron chi connectivity index (χ4n) is 10.7. The smallest absolute Gasteiger partial charge is 0.305 e. The summed E-state index contributed by atoms with van der Waals surface area (Å²) in [6.07, 6.45) is 76.9. The quantitative estimate of drug-likeness (QED) is 0.0320. The standard InChI is InChI=1S/C67H131NO5/c1-3-5-7-9-11-13-15-16-17-31-35-38-41-45-49-53-57-61-67(72)73-62-58-54-50-46-42-39-36-33-30-28-26-24-22-20-18-19-21-23-25-27-29-32-34-37-40-44-48-52-56-60-66(71)68-64(63-69)65(70)59-55-51-47-43-14-12-10-8-6-4-2/h18,20,64-65,69-70H,3-17,19,21-63H2,1-2H3,(H,68,71)/b20-18-. The van der Waals surface area contributed by atoms with Crippen LogP contribution in [0.15, 0.2) is 12.2 Å². The number of allylic oxidation sites excluding steroid dienone is 2. The largest absolute Gasteiger partial charge is 0.466 e. The number of esters is 1. The summed E-state index contributed by atoms with van der Waals surface area (Å²) in [4.78, 5) is 24.5. The lowest BCUT2D eigenvalue weighted by Gasteiger charge is -2.22. The fraction of sp³-hybridized carbons (Fsp3) is 0.940. The van der Waals surface area contributed by atoms with E-state index in [1.54, 1.807) is 0 Å². The van der Waals surface area contributed by atoms with E-state index >= 15 is 0 Å². The third kappa shape index (κ3) is 59.7. The predicted octanol–water partition coefficient (Wildman–Crippen LogP) is 21.2. The van der Waals surface area contributed by atoms with E-state index in [4.69, 9.17) is 4.74 Å². The van der Waals surface area contributed by atoms with E-state index in [0.717, 1.165) is 38.5 Å². The summed E-state index contributed by atoms with van der Waals surface area (Å²) in [6.45, 7) is 4.97. The number of nitrogens with one attached hydrogen (secondary N) is 1. The fourth-order valence-corrected chi connectivity index (χ4v) is 10.7. The molecule has 0 aliphatic rings. The summed E-state index contributed by atoms with van der Waals surface area (Å²) in [5.74, 6) is -0.0128. The SMILES string of the molecule is CCCCCCCCCCCCCCCCCCCC(=O)OCCCCCCCCCCCCCC/C=C\CCCCCCCCCCCCCCCC(=O)NC(CO)C(O)CCCCCCCCCCCC. The number of ether oxygens (including phenoxy) is 1. The van der Waals surface area contributed by atoms with Crippen molar-refractivity contribution in [2.45, 2.75) is 392 Å². The molecule has 0 fully saturated rings. The molecule has 1 amide bonds. The predicted molar refractivity (Wildman–Crippen MR) is 320 cm³/mol. The van der Waals surface area contributed by atoms with Gasteiger partial charge in [-0.1, -0.05) is 328 Å². The van der Waals surface area contributed by atoms with E-state index < -0.39 is 12.1 Å². The number of carbonyl (C=O) groups is 2. The first-order valence-corrected chi connectivity index (χ1v) is 33.4. The Hall–Kier alpha value is -1.40. The van der Waals surface area contributed by atoms with Crippen molar-refractivity contribution in [2.24, 2.45) is 0 Å². The Balaban J connectivity index is 3.32. The molecule has 0 aromatic heterocycles. The molecule has 0 aromatic rings. The van der Waals surface area contributed by atoms with Crippen LogP contribution in [-0.4, -0.2) is 47.4 Å². The average molecular weight is 1030 g/mol. The summed E-state index contributed by atoms with van der Waals surface area (Å²) < 4.78 is 5.50. The van der Waals surface area contributed by atoms with Gasteiger partial charge in [0.05, 0.1) is 25.4 Å². The molecule has 0 saturated carbocycles. The highest BCUT2D eigenvalue weighted by molar-refractivity contribution is 5.76. The Labute approximate surface area is 457 Å². The van der Waals surface area contributed by atoms with Crippen LogP contribution in [0.25, 0.3) is 0 Å². The molecule has 0 heterocycles. The maximum Gasteiger partial charge on any atom is 0.305 e. The van der Waals surface area contributed by atoms with Crippen LogP contribution in [0.5, 0.6) is 0 Å². The Morgan fingerprint density at radius 2 is 0.644 bits per heavy atom. The van der Waals surface area contributed by atoms with Crippen molar-refractivity contribution in [3.63, 3.8) is 0 Å². The van der Waals surface area contributed by atoms with Gasteiger partial charge >= 0.3 is 5.97 Å². The number of aliphatic hydroxyl groups excluding tert-OH is 2. The number of unbranched alkanes of at least 4 members (excludes halogenated alkanes) is 50. The first-order chi connectivity index (χ1) is 36.0. The lowest BCUT2D eigenvalue weighted by Crippen LogP contribution is -2.45. The summed E-state index contributed by atoms with van der Waals surface area (Å²) in [5, 5.41) is 23.2. The third-order valence-corrected chi connectivity index (χ3v) is 15.8. The molecule has 434 valence electrons. The van der Waals surface area contributed by atoms with Gasteiger partial charge in [-0.15, -0.1) is 0 Å². The Kier molecular flexibility index (Phi) is 61.9. The maximum atomic E-state index is 12.4. The van der Waals surface area contributed by atoms with Crippen molar-refractivity contribution in [3.8, 4) is 0 Å². The first kappa shape index (κ1) is 71.6. The summed E-state index contributed by atoms with van der Waals surface area (Å²) in [5.41, 5.74) is 0. The van der Waals surface area contributed by atoms with Gasteiger partial charge in [0.1, 0.15) is 0 Å². The molecule has 0 aliphatic carbocycles. The molecule has 2 unspecified atom stereocenters. The normalized spacial score (nSPS) is 12.5. The van der Waals surface area contributed by atoms with Crippen molar-refractivity contribution >= 4 is 11.9 Å². The molecule has 6 nitrogen and oxygen atoms in total. The second-order valence-corrected chi connectivity index (χ2v) is 23.2. The molecule has 0 aromatic carbocycles. The topological polar surface area (TPSA) is 95.9 Å². The van der Waals surface area contributed by atoms with E-state index in [1.807, 2.05) is 0 Å². The maximum absolute atomic E-state index is 12.4. The van der Waals surface area contributed by atoms with E-state index in [0.29, 0.717) is 25.9 Å². The van der Waals surface area contributed by atoms with Crippen molar-refractivity contribution in [2.75, 3.05) is 13.2 Å². The van der Waals surface area contributed by atoms with Gasteiger partial charge in [-0.2, -0.15) is 0 Å². The van der Waals surface area contributed by atoms with Gasteiger partial charge in [0.2, 0.25) is 5.91 Å². The molecule has 6 heteroatoms. The molecule has 0 bridgehead atoms. The second kappa shape index (κ2) is 63.1. The zero-order valence-electron chi connectivity index (χ0n) is 49.6. The van der Waals surface area contributed by atoms with Gasteiger partial charge in [0.25, 0.3) is 0 Å². The molecule has 0 radical (unpaired) electrons. The minimum Gasteiger partial charge on any atom is -0.466 e. The Morgan fingerprint density at radius 3 is 0.973 bits per heavy atom. The highest BCUT2D eigenvalue weighted by Gasteiger charge is 2.20. The number of hydrogen-bond acceptors (Lipinski definition) is 5. The number of hydrogen-bond donors (Lipinski definition) is 3. The van der Waals surface area contributed by atoms with Crippen LogP contribution in [0.3, 0.4) is 0 Å². The third-order valence-electron chi connectivity index (χ3n) is 15.8. The molecule has 73 heavy (non-hydrogen) atoms. The van der Waals surface area contributed by atoms with Gasteiger partial charge < -0.3 is 20.3 Å². The van der Waals surface area contributed by atoms with Crippen LogP contribution < -0.4 is 5.32 Å². The van der Waals surface area contributed by atoms with Gasteiger partial charge in [0.15, 0.2) is 0 Å². The highest BCUT2D eigenvalue weighted by atomic mass is 16.5. The summed E-state index contributed by atoms with van der Waals surface area (Å²) >= 11 is 0. The van der Waals surface area contributed by atoms with Crippen LogP contribution in [0.4, 0.5) is 0 Å².